The third kappa shape index (κ3) is 3.94. The minimum absolute atomic E-state index is 0.00407. The highest BCUT2D eigenvalue weighted by Gasteiger charge is 2.45. The first-order valence-corrected chi connectivity index (χ1v) is 8.75. The van der Waals surface area contributed by atoms with Gasteiger partial charge in [0.2, 0.25) is 11.8 Å². The number of likely N-dealkylation sites (tertiary alicyclic amines) is 2. The summed E-state index contributed by atoms with van der Waals surface area (Å²) in [6.45, 7) is 3.60. The molecule has 3 rings (SSSR count). The van der Waals surface area contributed by atoms with Crippen LogP contribution in [0.1, 0.15) is 18.4 Å². The number of hydrogen-bond donors (Lipinski definition) is 1. The van der Waals surface area contributed by atoms with Crippen molar-refractivity contribution in [3.63, 3.8) is 0 Å². The first kappa shape index (κ1) is 18.1. The number of rotatable bonds is 5. The Morgan fingerprint density at radius 3 is 2.92 bits per heavy atom. The number of nitrogens with zero attached hydrogens (tertiary/aromatic N) is 3. The van der Waals surface area contributed by atoms with Crippen molar-refractivity contribution in [3.8, 4) is 5.88 Å². The van der Waals surface area contributed by atoms with Gasteiger partial charge >= 0.3 is 0 Å². The van der Waals surface area contributed by atoms with Gasteiger partial charge in [-0.15, -0.1) is 0 Å². The van der Waals surface area contributed by atoms with Crippen LogP contribution in [0.3, 0.4) is 0 Å². The van der Waals surface area contributed by atoms with Crippen molar-refractivity contribution in [3.05, 3.63) is 23.9 Å². The third-order valence-electron chi connectivity index (χ3n) is 5.41. The molecule has 1 aromatic heterocycles. The van der Waals surface area contributed by atoms with Crippen LogP contribution in [-0.4, -0.2) is 78.4 Å². The average molecular weight is 349 g/mol. The van der Waals surface area contributed by atoms with Crippen LogP contribution in [0.5, 0.6) is 5.88 Å². The number of amides is 1. The smallest absolute Gasteiger partial charge is 0.248 e. The Bertz CT molecular complexity index is 612. The fraction of sp³-hybridized carbons (Fsp3) is 0.667. The summed E-state index contributed by atoms with van der Waals surface area (Å²) in [5.41, 5.74) is 0.373. The minimum Gasteiger partial charge on any atom is -0.481 e. The molecular formula is C18H27N3O4. The Kier molecular flexibility index (Phi) is 5.56. The number of carbonyl (C=O) groups excluding carboxylic acids is 1. The van der Waals surface area contributed by atoms with E-state index in [4.69, 9.17) is 9.47 Å². The van der Waals surface area contributed by atoms with Crippen LogP contribution in [-0.2, 0) is 16.1 Å². The van der Waals surface area contributed by atoms with Gasteiger partial charge in [0.25, 0.3) is 0 Å². The van der Waals surface area contributed by atoms with Crippen LogP contribution in [0.4, 0.5) is 0 Å². The number of ether oxygens (including phenoxy) is 2. The molecule has 7 nitrogen and oxygen atoms in total. The molecule has 3 heterocycles. The lowest BCUT2D eigenvalue weighted by Gasteiger charge is -2.50. The van der Waals surface area contributed by atoms with E-state index in [-0.39, 0.29) is 18.4 Å². The second kappa shape index (κ2) is 7.68. The maximum absolute atomic E-state index is 12.1. The molecule has 2 fully saturated rings. The van der Waals surface area contributed by atoms with E-state index in [0.29, 0.717) is 25.4 Å². The van der Waals surface area contributed by atoms with Gasteiger partial charge in [-0.05, 0) is 18.9 Å². The van der Waals surface area contributed by atoms with E-state index in [1.807, 2.05) is 17.0 Å². The standard InChI is InChI=1S/C18H27N3O4/c1-24-13-16(22)21-9-6-18(23)5-8-20(11-15(18)12-21)10-14-4-3-7-19-17(14)25-2/h3-4,7,15,23H,5-6,8-13H2,1-2H3/t15-,18-/m1/s1. The van der Waals surface area contributed by atoms with Crippen molar-refractivity contribution < 1.29 is 19.4 Å². The van der Waals surface area contributed by atoms with Crippen LogP contribution in [0.2, 0.25) is 0 Å². The normalized spacial score (nSPS) is 27.0. The van der Waals surface area contributed by atoms with E-state index in [9.17, 15) is 9.90 Å². The lowest BCUT2D eigenvalue weighted by Crippen LogP contribution is -2.60. The van der Waals surface area contributed by atoms with Gasteiger partial charge in [0, 0.05) is 57.5 Å². The number of piperidine rings is 2. The summed E-state index contributed by atoms with van der Waals surface area (Å²) in [6.07, 6.45) is 3.08. The van der Waals surface area contributed by atoms with Crippen molar-refractivity contribution in [2.24, 2.45) is 5.92 Å². The van der Waals surface area contributed by atoms with Crippen molar-refractivity contribution in [2.45, 2.75) is 25.0 Å². The molecule has 0 saturated carbocycles. The number of methoxy groups -OCH3 is 2. The molecule has 2 aliphatic heterocycles. The molecule has 2 atom stereocenters. The Morgan fingerprint density at radius 1 is 1.36 bits per heavy atom. The van der Waals surface area contributed by atoms with Crippen LogP contribution in [0.15, 0.2) is 18.3 Å². The van der Waals surface area contributed by atoms with Gasteiger partial charge in [-0.25, -0.2) is 4.98 Å². The molecule has 0 unspecified atom stereocenters. The maximum atomic E-state index is 12.1. The van der Waals surface area contributed by atoms with Gasteiger partial charge in [-0.2, -0.15) is 0 Å². The van der Waals surface area contributed by atoms with E-state index in [1.54, 1.807) is 13.3 Å². The monoisotopic (exact) mass is 349 g/mol. The summed E-state index contributed by atoms with van der Waals surface area (Å²) in [6, 6.07) is 3.92. The lowest BCUT2D eigenvalue weighted by atomic mass is 9.75. The number of carbonyl (C=O) groups is 1. The van der Waals surface area contributed by atoms with Gasteiger partial charge in [0.15, 0.2) is 0 Å². The highest BCUT2D eigenvalue weighted by Crippen LogP contribution is 2.36. The van der Waals surface area contributed by atoms with Gasteiger partial charge in [-0.1, -0.05) is 6.07 Å². The first-order chi connectivity index (χ1) is 12.1. The summed E-state index contributed by atoms with van der Waals surface area (Å²) in [5, 5.41) is 11.0. The molecule has 138 valence electrons. The zero-order valence-corrected chi connectivity index (χ0v) is 15.0. The van der Waals surface area contributed by atoms with E-state index in [0.717, 1.165) is 31.6 Å². The van der Waals surface area contributed by atoms with Gasteiger partial charge in [0.1, 0.15) is 6.61 Å². The van der Waals surface area contributed by atoms with E-state index in [1.165, 1.54) is 7.11 Å². The van der Waals surface area contributed by atoms with Crippen molar-refractivity contribution in [2.75, 3.05) is 47.0 Å². The van der Waals surface area contributed by atoms with Crippen LogP contribution in [0.25, 0.3) is 0 Å². The summed E-state index contributed by atoms with van der Waals surface area (Å²) in [4.78, 5) is 20.5. The van der Waals surface area contributed by atoms with Crippen LogP contribution in [0, 0.1) is 5.92 Å². The fourth-order valence-electron chi connectivity index (χ4n) is 3.93. The first-order valence-electron chi connectivity index (χ1n) is 8.75. The molecule has 2 saturated heterocycles. The summed E-state index contributed by atoms with van der Waals surface area (Å²) < 4.78 is 10.3. The van der Waals surface area contributed by atoms with Gasteiger partial charge < -0.3 is 19.5 Å². The molecule has 0 spiro atoms. The molecule has 25 heavy (non-hydrogen) atoms. The highest BCUT2D eigenvalue weighted by molar-refractivity contribution is 5.77. The Balaban J connectivity index is 1.66. The molecule has 1 N–H and O–H groups in total. The third-order valence-corrected chi connectivity index (χ3v) is 5.41. The molecule has 1 aromatic rings. The quantitative estimate of drug-likeness (QED) is 0.835. The predicted octanol–water partition coefficient (Wildman–Crippen LogP) is 0.522. The largest absolute Gasteiger partial charge is 0.481 e. The molecule has 0 bridgehead atoms. The van der Waals surface area contributed by atoms with Crippen molar-refractivity contribution in [1.29, 1.82) is 0 Å². The van der Waals surface area contributed by atoms with E-state index >= 15 is 0 Å². The number of hydrogen-bond acceptors (Lipinski definition) is 6. The topological polar surface area (TPSA) is 75.1 Å². The molecule has 7 heteroatoms. The molecule has 0 aromatic carbocycles. The molecule has 0 radical (unpaired) electrons. The van der Waals surface area contributed by atoms with Gasteiger partial charge in [-0.3, -0.25) is 9.69 Å². The fourth-order valence-corrected chi connectivity index (χ4v) is 3.93. The second-order valence-electron chi connectivity index (χ2n) is 6.98. The van der Waals surface area contributed by atoms with Crippen molar-refractivity contribution >= 4 is 5.91 Å². The Hall–Kier alpha value is -1.70. The summed E-state index contributed by atoms with van der Waals surface area (Å²) >= 11 is 0. The zero-order chi connectivity index (χ0) is 17.9. The van der Waals surface area contributed by atoms with Crippen LogP contribution >= 0.6 is 0 Å². The average Bonchev–Trinajstić information content (AvgIpc) is 2.62. The zero-order valence-electron chi connectivity index (χ0n) is 15.0. The highest BCUT2D eigenvalue weighted by atomic mass is 16.5. The SMILES string of the molecule is COCC(=O)N1CC[C@]2(O)CCN(Cc3cccnc3OC)C[C@@H]2C1. The maximum Gasteiger partial charge on any atom is 0.248 e. The second-order valence-corrected chi connectivity index (χ2v) is 6.98. The molecule has 2 aliphatic rings. The molecule has 0 aliphatic carbocycles. The van der Waals surface area contributed by atoms with E-state index < -0.39 is 5.60 Å². The summed E-state index contributed by atoms with van der Waals surface area (Å²) in [7, 11) is 3.16. The van der Waals surface area contributed by atoms with Crippen molar-refractivity contribution in [1.82, 2.24) is 14.8 Å². The van der Waals surface area contributed by atoms with E-state index in [2.05, 4.69) is 9.88 Å². The predicted molar refractivity (Wildman–Crippen MR) is 92.2 cm³/mol. The number of aromatic nitrogens is 1. The molecule has 1 amide bonds. The van der Waals surface area contributed by atoms with Crippen LogP contribution < -0.4 is 4.74 Å². The van der Waals surface area contributed by atoms with Gasteiger partial charge in [0.05, 0.1) is 12.7 Å². The molecular weight excluding hydrogens is 322 g/mol. The summed E-state index contributed by atoms with van der Waals surface area (Å²) in [5.74, 6) is 0.693. The number of fused-ring (bicyclic) bond motifs is 1. The number of pyridine rings is 1. The Labute approximate surface area is 148 Å². The number of aliphatic hydroxyl groups is 1. The lowest BCUT2D eigenvalue weighted by molar-refractivity contribution is -0.150. The minimum atomic E-state index is -0.667. The Morgan fingerprint density at radius 2 is 2.16 bits per heavy atom.